The van der Waals surface area contributed by atoms with Gasteiger partial charge in [0.25, 0.3) is 0 Å². The number of anilines is 3. The van der Waals surface area contributed by atoms with Gasteiger partial charge in [-0.25, -0.2) is 0 Å². The topological polar surface area (TPSA) is 57.2 Å². The molecule has 1 saturated heterocycles. The van der Waals surface area contributed by atoms with Crippen molar-refractivity contribution in [3.63, 3.8) is 0 Å². The molecule has 0 spiro atoms. The third-order valence-electron chi connectivity index (χ3n) is 4.03. The lowest BCUT2D eigenvalue weighted by molar-refractivity contribution is 0.353. The summed E-state index contributed by atoms with van der Waals surface area (Å²) in [6.45, 7) is 12.7. The van der Waals surface area contributed by atoms with Crippen molar-refractivity contribution in [1.29, 1.82) is 0 Å². The smallest absolute Gasteiger partial charge is 0.231 e. The van der Waals surface area contributed by atoms with Crippen LogP contribution in [0.5, 0.6) is 0 Å². The molecular formula is C15H28N6. The van der Waals surface area contributed by atoms with Crippen LogP contribution in [-0.2, 0) is 0 Å². The van der Waals surface area contributed by atoms with Crippen LogP contribution in [0, 0.1) is 11.8 Å². The summed E-state index contributed by atoms with van der Waals surface area (Å²) in [5, 5.41) is 3.06. The van der Waals surface area contributed by atoms with E-state index in [9.17, 15) is 0 Å². The molecule has 2 rings (SSSR count). The molecule has 0 aromatic carbocycles. The van der Waals surface area contributed by atoms with E-state index < -0.39 is 0 Å². The fourth-order valence-electron chi connectivity index (χ4n) is 3.08. The van der Waals surface area contributed by atoms with Gasteiger partial charge in [0.05, 0.1) is 0 Å². The number of hydrogen-bond donors (Lipinski definition) is 1. The van der Waals surface area contributed by atoms with Crippen molar-refractivity contribution in [2.45, 2.75) is 34.1 Å². The van der Waals surface area contributed by atoms with Crippen molar-refractivity contribution < 1.29 is 0 Å². The molecule has 0 radical (unpaired) electrons. The van der Waals surface area contributed by atoms with Crippen molar-refractivity contribution in [3.8, 4) is 0 Å². The average molecular weight is 292 g/mol. The van der Waals surface area contributed by atoms with Gasteiger partial charge < -0.3 is 15.1 Å². The van der Waals surface area contributed by atoms with E-state index in [2.05, 4.69) is 52.8 Å². The SMILES string of the molecule is CCN(CC)c1nc(NC)nc(N2CC(C)CC(C)C2)n1. The maximum Gasteiger partial charge on any atom is 0.231 e. The summed E-state index contributed by atoms with van der Waals surface area (Å²) in [7, 11) is 1.85. The highest BCUT2D eigenvalue weighted by Crippen LogP contribution is 2.25. The summed E-state index contributed by atoms with van der Waals surface area (Å²) >= 11 is 0. The number of piperidine rings is 1. The molecule has 1 aromatic heterocycles. The molecule has 1 fully saturated rings. The van der Waals surface area contributed by atoms with Crippen molar-refractivity contribution in [2.75, 3.05) is 48.3 Å². The Labute approximate surface area is 128 Å². The number of rotatable bonds is 5. The van der Waals surface area contributed by atoms with E-state index in [1.54, 1.807) is 0 Å². The van der Waals surface area contributed by atoms with E-state index in [4.69, 9.17) is 4.98 Å². The molecular weight excluding hydrogens is 264 g/mol. The zero-order valence-corrected chi connectivity index (χ0v) is 13.9. The average Bonchev–Trinajstić information content (AvgIpc) is 2.47. The van der Waals surface area contributed by atoms with E-state index in [1.807, 2.05) is 7.05 Å². The minimum absolute atomic E-state index is 0.646. The standard InChI is InChI=1S/C15H28N6/c1-6-20(7-2)14-17-13(16-5)18-15(19-14)21-9-11(3)8-12(4)10-21/h11-12H,6-10H2,1-5H3,(H,16,17,18,19). The molecule has 2 atom stereocenters. The summed E-state index contributed by atoms with van der Waals surface area (Å²) in [5.41, 5.74) is 0. The van der Waals surface area contributed by atoms with Gasteiger partial charge >= 0.3 is 0 Å². The highest BCUT2D eigenvalue weighted by Gasteiger charge is 2.25. The number of nitrogens with one attached hydrogen (secondary N) is 1. The molecule has 6 nitrogen and oxygen atoms in total. The minimum Gasteiger partial charge on any atom is -0.357 e. The van der Waals surface area contributed by atoms with E-state index in [0.717, 1.165) is 38.1 Å². The number of nitrogens with zero attached hydrogens (tertiary/aromatic N) is 5. The fourth-order valence-corrected chi connectivity index (χ4v) is 3.08. The predicted molar refractivity (Wildman–Crippen MR) is 88.1 cm³/mol. The largest absolute Gasteiger partial charge is 0.357 e. The Bertz CT molecular complexity index is 449. The Morgan fingerprint density at radius 2 is 1.71 bits per heavy atom. The van der Waals surface area contributed by atoms with Crippen LogP contribution in [0.4, 0.5) is 17.8 Å². The van der Waals surface area contributed by atoms with E-state index in [-0.39, 0.29) is 0 Å². The first kappa shape index (κ1) is 15.8. The van der Waals surface area contributed by atoms with Crippen molar-refractivity contribution in [3.05, 3.63) is 0 Å². The van der Waals surface area contributed by atoms with Crippen molar-refractivity contribution in [2.24, 2.45) is 11.8 Å². The Hall–Kier alpha value is -1.59. The lowest BCUT2D eigenvalue weighted by Gasteiger charge is -2.35. The lowest BCUT2D eigenvalue weighted by Crippen LogP contribution is -2.40. The van der Waals surface area contributed by atoms with Gasteiger partial charge in [0.1, 0.15) is 0 Å². The molecule has 2 unspecified atom stereocenters. The van der Waals surface area contributed by atoms with Crippen LogP contribution in [0.25, 0.3) is 0 Å². The molecule has 21 heavy (non-hydrogen) atoms. The molecule has 0 saturated carbocycles. The van der Waals surface area contributed by atoms with Crippen LogP contribution >= 0.6 is 0 Å². The molecule has 0 aliphatic carbocycles. The summed E-state index contributed by atoms with van der Waals surface area (Å²) < 4.78 is 0. The molecule has 0 amide bonds. The molecule has 1 aliphatic rings. The highest BCUT2D eigenvalue weighted by molar-refractivity contribution is 5.45. The number of aromatic nitrogens is 3. The molecule has 2 heterocycles. The monoisotopic (exact) mass is 292 g/mol. The van der Waals surface area contributed by atoms with Gasteiger partial charge in [-0.3, -0.25) is 0 Å². The fraction of sp³-hybridized carbons (Fsp3) is 0.800. The van der Waals surface area contributed by atoms with Crippen LogP contribution < -0.4 is 15.1 Å². The second-order valence-electron chi connectivity index (χ2n) is 6.03. The molecule has 0 bridgehead atoms. The Kier molecular flexibility index (Phi) is 5.20. The van der Waals surface area contributed by atoms with Crippen molar-refractivity contribution in [1.82, 2.24) is 15.0 Å². The third kappa shape index (κ3) is 3.74. The maximum absolute atomic E-state index is 4.71. The quantitative estimate of drug-likeness (QED) is 0.898. The van der Waals surface area contributed by atoms with Crippen LogP contribution in [0.2, 0.25) is 0 Å². The lowest BCUT2D eigenvalue weighted by atomic mass is 9.92. The Morgan fingerprint density at radius 1 is 1.10 bits per heavy atom. The van der Waals surface area contributed by atoms with Gasteiger partial charge in [0, 0.05) is 33.2 Å². The highest BCUT2D eigenvalue weighted by atomic mass is 15.4. The van der Waals surface area contributed by atoms with Crippen LogP contribution in [0.3, 0.4) is 0 Å². The van der Waals surface area contributed by atoms with E-state index in [1.165, 1.54) is 6.42 Å². The minimum atomic E-state index is 0.646. The first-order chi connectivity index (χ1) is 10.1. The first-order valence-electron chi connectivity index (χ1n) is 8.01. The van der Waals surface area contributed by atoms with Gasteiger partial charge in [0.2, 0.25) is 17.8 Å². The first-order valence-corrected chi connectivity index (χ1v) is 8.01. The summed E-state index contributed by atoms with van der Waals surface area (Å²) in [5.74, 6) is 3.57. The normalized spacial score (nSPS) is 22.2. The molecule has 1 aromatic rings. The summed E-state index contributed by atoms with van der Waals surface area (Å²) in [6.07, 6.45) is 1.28. The third-order valence-corrected chi connectivity index (χ3v) is 4.03. The van der Waals surface area contributed by atoms with Crippen LogP contribution in [0.1, 0.15) is 34.1 Å². The van der Waals surface area contributed by atoms with Crippen LogP contribution in [-0.4, -0.2) is 48.2 Å². The predicted octanol–water partition coefficient (Wildman–Crippen LogP) is 2.24. The second kappa shape index (κ2) is 6.91. The Balaban J connectivity index is 2.31. The van der Waals surface area contributed by atoms with Gasteiger partial charge in [-0.15, -0.1) is 0 Å². The zero-order chi connectivity index (χ0) is 15.4. The number of hydrogen-bond acceptors (Lipinski definition) is 6. The van der Waals surface area contributed by atoms with Gasteiger partial charge in [-0.2, -0.15) is 15.0 Å². The molecule has 118 valence electrons. The van der Waals surface area contributed by atoms with E-state index >= 15 is 0 Å². The second-order valence-corrected chi connectivity index (χ2v) is 6.03. The summed E-state index contributed by atoms with van der Waals surface area (Å²) in [4.78, 5) is 18.2. The summed E-state index contributed by atoms with van der Waals surface area (Å²) in [6, 6.07) is 0. The van der Waals surface area contributed by atoms with Gasteiger partial charge in [-0.1, -0.05) is 13.8 Å². The van der Waals surface area contributed by atoms with Crippen molar-refractivity contribution >= 4 is 17.8 Å². The molecule has 1 aliphatic heterocycles. The molecule has 6 heteroatoms. The van der Waals surface area contributed by atoms with E-state index in [0.29, 0.717) is 17.8 Å². The van der Waals surface area contributed by atoms with Crippen LogP contribution in [0.15, 0.2) is 0 Å². The van der Waals surface area contributed by atoms with Gasteiger partial charge in [0.15, 0.2) is 0 Å². The maximum atomic E-state index is 4.71. The molecule has 1 N–H and O–H groups in total. The van der Waals surface area contributed by atoms with Gasteiger partial charge in [-0.05, 0) is 32.1 Å². The Morgan fingerprint density at radius 3 is 2.24 bits per heavy atom. The zero-order valence-electron chi connectivity index (χ0n) is 13.9.